The van der Waals surface area contributed by atoms with Crippen LogP contribution in [0.2, 0.25) is 18.1 Å². The molecule has 7 heteroatoms. The number of benzene rings is 1. The van der Waals surface area contributed by atoms with Crippen molar-refractivity contribution in [1.29, 1.82) is 5.26 Å². The molecule has 0 saturated heterocycles. The maximum atomic E-state index is 9.37. The van der Waals surface area contributed by atoms with Gasteiger partial charge < -0.3 is 14.1 Å². The van der Waals surface area contributed by atoms with E-state index < -0.39 is 13.9 Å². The van der Waals surface area contributed by atoms with Gasteiger partial charge in [0.2, 0.25) is 5.70 Å². The normalized spacial score (nSPS) is 16.2. The van der Waals surface area contributed by atoms with Crippen molar-refractivity contribution in [1.82, 2.24) is 0 Å². The summed E-state index contributed by atoms with van der Waals surface area (Å²) in [6.07, 6.45) is 13.0. The molecule has 1 aromatic heterocycles. The van der Waals surface area contributed by atoms with Crippen molar-refractivity contribution in [3.05, 3.63) is 85.7 Å². The van der Waals surface area contributed by atoms with Crippen molar-refractivity contribution in [3.63, 3.8) is 0 Å². The third kappa shape index (κ3) is 9.03. The maximum Gasteiger partial charge on any atom is 0.250 e. The van der Waals surface area contributed by atoms with E-state index in [1.165, 1.54) is 31.4 Å². The van der Waals surface area contributed by atoms with Crippen LogP contribution < -0.4 is 9.33 Å². The SMILES string of the molecule is [C-]#[N+]C1=C(/C=C/c2ccc(/C=C/c3ccc(N(CCCC)CCCC)cc3O[Si](C)(C)C(C)(C)C)s2)C(C)(C)O/C1=C(\C)C#N. The van der Waals surface area contributed by atoms with Gasteiger partial charge in [-0.15, -0.1) is 11.3 Å². The van der Waals surface area contributed by atoms with Crippen LogP contribution in [0.3, 0.4) is 0 Å². The van der Waals surface area contributed by atoms with Gasteiger partial charge in [0.25, 0.3) is 8.32 Å². The number of nitrogens with zero attached hydrogens (tertiary/aromatic N) is 3. The van der Waals surface area contributed by atoms with E-state index in [1.54, 1.807) is 18.3 Å². The summed E-state index contributed by atoms with van der Waals surface area (Å²) in [5, 5.41) is 9.46. The Labute approximate surface area is 277 Å². The lowest BCUT2D eigenvalue weighted by Crippen LogP contribution is -2.44. The average molecular weight is 642 g/mol. The Balaban J connectivity index is 1.94. The van der Waals surface area contributed by atoms with Crippen LogP contribution >= 0.6 is 11.3 Å². The molecule has 0 N–H and O–H groups in total. The fourth-order valence-corrected chi connectivity index (χ4v) is 6.64. The highest BCUT2D eigenvalue weighted by Gasteiger charge is 2.40. The molecule has 5 nitrogen and oxygen atoms in total. The minimum atomic E-state index is -2.06. The first-order valence-electron chi connectivity index (χ1n) is 16.1. The standard InChI is InChI=1S/C38H51N3O2SSi/c1-12-14-24-41(25-15-13-2)30-18-16-29(34(26-30)43-45(10,11)37(4,5)6)17-19-31-20-21-32(44-31)22-23-33-35(40-9)36(28(3)27-39)42-38(33,7)8/h16-23,26H,12-15,24-25H2,1-8,10-11H3/b19-17+,23-22+,36-28+. The largest absolute Gasteiger partial charge is 0.543 e. The zero-order chi connectivity index (χ0) is 33.4. The first-order valence-corrected chi connectivity index (χ1v) is 19.9. The number of allylic oxidation sites excluding steroid dienone is 1. The summed E-state index contributed by atoms with van der Waals surface area (Å²) >= 11 is 1.69. The second-order valence-corrected chi connectivity index (χ2v) is 19.6. The van der Waals surface area contributed by atoms with E-state index in [0.29, 0.717) is 17.0 Å². The van der Waals surface area contributed by atoms with Crippen LogP contribution in [-0.2, 0) is 4.74 Å². The van der Waals surface area contributed by atoms with E-state index in [1.807, 2.05) is 26.0 Å². The van der Waals surface area contributed by atoms with E-state index in [4.69, 9.17) is 15.7 Å². The summed E-state index contributed by atoms with van der Waals surface area (Å²) in [6, 6.07) is 13.1. The van der Waals surface area contributed by atoms with Gasteiger partial charge in [-0.1, -0.05) is 53.5 Å². The second-order valence-electron chi connectivity index (χ2n) is 13.7. The van der Waals surface area contributed by atoms with Crippen molar-refractivity contribution in [2.45, 2.75) is 105 Å². The quantitative estimate of drug-likeness (QED) is 0.124. The Kier molecular flexibility index (Phi) is 12.1. The van der Waals surface area contributed by atoms with Gasteiger partial charge in [-0.25, -0.2) is 4.85 Å². The smallest absolute Gasteiger partial charge is 0.250 e. The highest BCUT2D eigenvalue weighted by Crippen LogP contribution is 2.42. The first-order chi connectivity index (χ1) is 21.2. The molecule has 0 saturated carbocycles. The molecule has 45 heavy (non-hydrogen) atoms. The molecule has 0 fully saturated rings. The zero-order valence-electron chi connectivity index (χ0n) is 29.0. The number of unbranched alkanes of at least 4 members (excludes halogenated alkanes) is 2. The minimum Gasteiger partial charge on any atom is -0.543 e. The Bertz CT molecular complexity index is 1550. The van der Waals surface area contributed by atoms with E-state index in [2.05, 4.69) is 106 Å². The molecule has 0 amide bonds. The summed E-state index contributed by atoms with van der Waals surface area (Å²) in [6.45, 7) is 31.4. The fourth-order valence-electron chi connectivity index (χ4n) is 4.79. The van der Waals surface area contributed by atoms with Crippen LogP contribution in [0.1, 0.15) is 96.4 Å². The Morgan fingerprint density at radius 2 is 1.64 bits per heavy atom. The van der Waals surface area contributed by atoms with Gasteiger partial charge in [-0.2, -0.15) is 5.26 Å². The third-order valence-electron chi connectivity index (χ3n) is 8.68. The van der Waals surface area contributed by atoms with Crippen LogP contribution in [0.5, 0.6) is 5.75 Å². The zero-order valence-corrected chi connectivity index (χ0v) is 30.8. The monoisotopic (exact) mass is 641 g/mol. The maximum absolute atomic E-state index is 9.37. The number of hydrogen-bond acceptors (Lipinski definition) is 5. The summed E-state index contributed by atoms with van der Waals surface area (Å²) in [5.74, 6) is 1.34. The molecular weight excluding hydrogens is 591 g/mol. The molecular formula is C38H51N3O2SSi. The minimum absolute atomic E-state index is 0.0917. The van der Waals surface area contributed by atoms with E-state index in [-0.39, 0.29) is 5.04 Å². The predicted molar refractivity (Wildman–Crippen MR) is 196 cm³/mol. The summed E-state index contributed by atoms with van der Waals surface area (Å²) in [5.41, 5.74) is 3.25. The van der Waals surface area contributed by atoms with Gasteiger partial charge in [0.05, 0.1) is 18.2 Å². The van der Waals surface area contributed by atoms with Crippen LogP contribution in [0.25, 0.3) is 23.1 Å². The van der Waals surface area contributed by atoms with Gasteiger partial charge in [0, 0.05) is 45.7 Å². The number of hydrogen-bond donors (Lipinski definition) is 0. The summed E-state index contributed by atoms with van der Waals surface area (Å²) in [4.78, 5) is 8.44. The van der Waals surface area contributed by atoms with Gasteiger partial charge in [-0.05, 0) is 94.2 Å². The lowest BCUT2D eigenvalue weighted by molar-refractivity contribution is 0.0948. The Hall–Kier alpha value is -3.52. The molecule has 0 unspecified atom stereocenters. The van der Waals surface area contributed by atoms with Crippen molar-refractivity contribution in [2.75, 3.05) is 18.0 Å². The van der Waals surface area contributed by atoms with Gasteiger partial charge in [0.1, 0.15) is 17.1 Å². The molecule has 240 valence electrons. The van der Waals surface area contributed by atoms with Gasteiger partial charge >= 0.3 is 0 Å². The van der Waals surface area contributed by atoms with Crippen LogP contribution in [0, 0.1) is 17.9 Å². The highest BCUT2D eigenvalue weighted by atomic mass is 32.1. The molecule has 3 rings (SSSR count). The number of nitriles is 1. The number of ether oxygens (including phenoxy) is 1. The molecule has 2 aromatic rings. The lowest BCUT2D eigenvalue weighted by Gasteiger charge is -2.37. The van der Waals surface area contributed by atoms with Crippen LogP contribution in [0.15, 0.2) is 59.0 Å². The average Bonchev–Trinajstić information content (AvgIpc) is 3.54. The van der Waals surface area contributed by atoms with Gasteiger partial charge in [0.15, 0.2) is 0 Å². The first kappa shape index (κ1) is 36.0. The Morgan fingerprint density at radius 3 is 2.18 bits per heavy atom. The van der Waals surface area contributed by atoms with Crippen molar-refractivity contribution < 1.29 is 9.16 Å². The van der Waals surface area contributed by atoms with E-state index in [0.717, 1.165) is 39.7 Å². The number of anilines is 1. The molecule has 1 aromatic carbocycles. The molecule has 2 heterocycles. The summed E-state index contributed by atoms with van der Waals surface area (Å²) < 4.78 is 13.0. The predicted octanol–water partition coefficient (Wildman–Crippen LogP) is 11.5. The molecule has 0 radical (unpaired) electrons. The molecule has 0 spiro atoms. The fraction of sp³-hybridized carbons (Fsp3) is 0.474. The van der Waals surface area contributed by atoms with Crippen LogP contribution in [-0.4, -0.2) is 27.0 Å². The third-order valence-corrected chi connectivity index (χ3v) is 14.0. The topological polar surface area (TPSA) is 49.9 Å². The van der Waals surface area contributed by atoms with Crippen LogP contribution in [0.4, 0.5) is 5.69 Å². The molecule has 1 aliphatic rings. The highest BCUT2D eigenvalue weighted by molar-refractivity contribution is 7.13. The van der Waals surface area contributed by atoms with Crippen molar-refractivity contribution in [2.24, 2.45) is 0 Å². The van der Waals surface area contributed by atoms with Crippen molar-refractivity contribution >= 4 is 43.6 Å². The number of rotatable bonds is 13. The molecule has 1 aliphatic heterocycles. The van der Waals surface area contributed by atoms with E-state index in [9.17, 15) is 5.26 Å². The molecule has 0 atom stereocenters. The van der Waals surface area contributed by atoms with E-state index >= 15 is 0 Å². The molecule has 0 bridgehead atoms. The van der Waals surface area contributed by atoms with Crippen molar-refractivity contribution in [3.8, 4) is 11.8 Å². The summed E-state index contributed by atoms with van der Waals surface area (Å²) in [7, 11) is -2.06. The second kappa shape index (κ2) is 15.2. The number of thiophene rings is 1. The lowest BCUT2D eigenvalue weighted by atomic mass is 9.97. The Morgan fingerprint density at radius 1 is 1.04 bits per heavy atom. The molecule has 0 aliphatic carbocycles. The van der Waals surface area contributed by atoms with Gasteiger partial charge in [-0.3, -0.25) is 0 Å².